The summed E-state index contributed by atoms with van der Waals surface area (Å²) in [5.74, 6) is 0.726. The van der Waals surface area contributed by atoms with Crippen LogP contribution in [-0.2, 0) is 7.05 Å². The molecule has 2 aromatic heterocycles. The van der Waals surface area contributed by atoms with Crippen LogP contribution in [-0.4, -0.2) is 14.5 Å². The Bertz CT molecular complexity index is 1360. The summed E-state index contributed by atoms with van der Waals surface area (Å²) in [6.07, 6.45) is 5.17. The number of hydrogen-bond donors (Lipinski definition) is 1. The monoisotopic (exact) mass is 462 g/mol. The number of imidazole rings is 1. The fraction of sp³-hybridized carbons (Fsp3) is 0.154. The van der Waals surface area contributed by atoms with Crippen LogP contribution in [0.2, 0.25) is 0 Å². The molecule has 0 aliphatic rings. The minimum absolute atomic E-state index is 0.00295. The van der Waals surface area contributed by atoms with Gasteiger partial charge in [-0.1, -0.05) is 55.1 Å². The number of alkyl halides is 2. The number of anilines is 2. The fourth-order valence-electron chi connectivity index (χ4n) is 3.62. The number of aryl methyl sites for hydroxylation is 2. The Morgan fingerprint density at radius 2 is 1.94 bits per heavy atom. The van der Waals surface area contributed by atoms with Gasteiger partial charge in [0.1, 0.15) is 5.82 Å². The number of halogens is 2. The maximum Gasteiger partial charge on any atom is 0.263 e. The Labute approximate surface area is 195 Å². The van der Waals surface area contributed by atoms with Gasteiger partial charge in [0, 0.05) is 34.8 Å². The molecule has 0 fully saturated rings. The second-order valence-corrected chi connectivity index (χ2v) is 8.45. The van der Waals surface area contributed by atoms with Crippen LogP contribution in [0.1, 0.15) is 30.2 Å². The van der Waals surface area contributed by atoms with Crippen LogP contribution in [0.3, 0.4) is 0 Å². The quantitative estimate of drug-likeness (QED) is 0.285. The van der Waals surface area contributed by atoms with Crippen molar-refractivity contribution < 1.29 is 8.78 Å². The molecule has 0 radical (unpaired) electrons. The van der Waals surface area contributed by atoms with Crippen molar-refractivity contribution in [2.24, 2.45) is 7.05 Å². The van der Waals surface area contributed by atoms with Gasteiger partial charge < -0.3 is 9.88 Å². The van der Waals surface area contributed by atoms with Crippen molar-refractivity contribution in [3.8, 4) is 11.4 Å². The first-order valence-electron chi connectivity index (χ1n) is 10.4. The van der Waals surface area contributed by atoms with Gasteiger partial charge >= 0.3 is 0 Å². The van der Waals surface area contributed by atoms with Crippen molar-refractivity contribution >= 4 is 38.8 Å². The molecule has 0 atom stereocenters. The third-order valence-electron chi connectivity index (χ3n) is 5.33. The number of allylic oxidation sites excluding steroid dienone is 5. The standard InChI is InChI=1S/C26H24F2N4S/c1-5-7-17(8-6-2)22-15-33-26(31-22)30-20-14-21-23(13-16(20)3)32(4)25(29-21)19-11-9-18(10-12-19)24(27)28/h5-15,24H,1H2,2-4H3,(H,30,31). The van der Waals surface area contributed by atoms with E-state index in [0.717, 1.165) is 50.1 Å². The Kier molecular flexibility index (Phi) is 6.51. The summed E-state index contributed by atoms with van der Waals surface area (Å²) in [6, 6.07) is 10.3. The molecule has 0 spiro atoms. The summed E-state index contributed by atoms with van der Waals surface area (Å²) in [5.41, 5.74) is 6.43. The van der Waals surface area contributed by atoms with Gasteiger partial charge in [0.15, 0.2) is 5.13 Å². The number of thiazole rings is 1. The zero-order valence-corrected chi connectivity index (χ0v) is 19.5. The second kappa shape index (κ2) is 9.50. The van der Waals surface area contributed by atoms with Gasteiger partial charge in [-0.05, 0) is 31.5 Å². The number of benzene rings is 2. The topological polar surface area (TPSA) is 42.7 Å². The highest BCUT2D eigenvalue weighted by molar-refractivity contribution is 7.13. The highest BCUT2D eigenvalue weighted by atomic mass is 32.1. The third-order valence-corrected chi connectivity index (χ3v) is 6.09. The minimum Gasteiger partial charge on any atom is -0.331 e. The molecule has 0 bridgehead atoms. The molecule has 0 amide bonds. The van der Waals surface area contributed by atoms with Crippen LogP contribution in [0.4, 0.5) is 19.6 Å². The first-order valence-corrected chi connectivity index (χ1v) is 11.3. The molecular formula is C26H24F2N4S. The van der Waals surface area contributed by atoms with Crippen molar-refractivity contribution in [2.75, 3.05) is 5.32 Å². The molecule has 33 heavy (non-hydrogen) atoms. The fourth-order valence-corrected chi connectivity index (χ4v) is 4.36. The first kappa shape index (κ1) is 22.6. The maximum absolute atomic E-state index is 12.9. The normalized spacial score (nSPS) is 12.2. The lowest BCUT2D eigenvalue weighted by Crippen LogP contribution is -1.95. The molecular weight excluding hydrogens is 438 g/mol. The molecule has 4 nitrogen and oxygen atoms in total. The van der Waals surface area contributed by atoms with Gasteiger partial charge in [0.25, 0.3) is 6.43 Å². The van der Waals surface area contributed by atoms with Gasteiger partial charge in [-0.2, -0.15) is 0 Å². The number of fused-ring (bicyclic) bond motifs is 1. The summed E-state index contributed by atoms with van der Waals surface area (Å²) in [5, 5.41) is 6.20. The number of nitrogens with one attached hydrogen (secondary N) is 1. The zero-order valence-electron chi connectivity index (χ0n) is 18.6. The van der Waals surface area contributed by atoms with Gasteiger partial charge in [-0.15, -0.1) is 11.3 Å². The Hall–Kier alpha value is -3.58. The van der Waals surface area contributed by atoms with Crippen LogP contribution in [0.15, 0.2) is 72.7 Å². The molecule has 2 aromatic carbocycles. The van der Waals surface area contributed by atoms with Crippen LogP contribution >= 0.6 is 11.3 Å². The van der Waals surface area contributed by atoms with E-state index in [1.165, 1.54) is 23.5 Å². The van der Waals surface area contributed by atoms with Gasteiger partial charge in [-0.25, -0.2) is 18.7 Å². The van der Waals surface area contributed by atoms with Crippen LogP contribution in [0, 0.1) is 6.92 Å². The second-order valence-electron chi connectivity index (χ2n) is 7.59. The third kappa shape index (κ3) is 4.64. The lowest BCUT2D eigenvalue weighted by atomic mass is 10.1. The minimum atomic E-state index is -2.48. The first-order chi connectivity index (χ1) is 15.9. The van der Waals surface area contributed by atoms with Crippen molar-refractivity contribution in [3.63, 3.8) is 0 Å². The van der Waals surface area contributed by atoms with E-state index in [1.54, 1.807) is 18.2 Å². The Morgan fingerprint density at radius 1 is 1.18 bits per heavy atom. The van der Waals surface area contributed by atoms with Gasteiger partial charge in [-0.3, -0.25) is 0 Å². The summed E-state index contributed by atoms with van der Waals surface area (Å²) >= 11 is 1.53. The summed E-state index contributed by atoms with van der Waals surface area (Å²) < 4.78 is 27.8. The molecule has 0 saturated carbocycles. The SMILES string of the molecule is C=CC=C(C=CC)c1csc(Nc2cc3nc(-c4ccc(C(F)F)cc4)n(C)c3cc2C)n1. The molecule has 1 N–H and O–H groups in total. The van der Waals surface area contributed by atoms with E-state index >= 15 is 0 Å². The average molecular weight is 463 g/mol. The molecule has 0 unspecified atom stereocenters. The molecule has 2 heterocycles. The van der Waals surface area contributed by atoms with Crippen LogP contribution in [0.5, 0.6) is 0 Å². The highest BCUT2D eigenvalue weighted by Crippen LogP contribution is 2.32. The van der Waals surface area contributed by atoms with E-state index in [9.17, 15) is 8.78 Å². The lowest BCUT2D eigenvalue weighted by molar-refractivity contribution is 0.151. The van der Waals surface area contributed by atoms with Crippen LogP contribution < -0.4 is 5.32 Å². The van der Waals surface area contributed by atoms with E-state index in [0.29, 0.717) is 0 Å². The smallest absolute Gasteiger partial charge is 0.263 e. The number of rotatable bonds is 7. The van der Waals surface area contributed by atoms with Crippen molar-refractivity contribution in [1.82, 2.24) is 14.5 Å². The predicted octanol–water partition coefficient (Wildman–Crippen LogP) is 7.83. The predicted molar refractivity (Wildman–Crippen MR) is 134 cm³/mol. The molecule has 0 aliphatic heterocycles. The van der Waals surface area contributed by atoms with E-state index in [2.05, 4.69) is 18.0 Å². The Balaban J connectivity index is 1.66. The highest BCUT2D eigenvalue weighted by Gasteiger charge is 2.14. The van der Waals surface area contributed by atoms with E-state index < -0.39 is 6.43 Å². The number of hydrogen-bond acceptors (Lipinski definition) is 4. The van der Waals surface area contributed by atoms with Crippen LogP contribution in [0.25, 0.3) is 28.0 Å². The summed E-state index contributed by atoms with van der Waals surface area (Å²) in [7, 11) is 1.93. The largest absolute Gasteiger partial charge is 0.331 e. The van der Waals surface area contributed by atoms with E-state index in [4.69, 9.17) is 9.97 Å². The number of nitrogens with zero attached hydrogens (tertiary/aromatic N) is 3. The molecule has 0 saturated heterocycles. The molecule has 4 aromatic rings. The van der Waals surface area contributed by atoms with E-state index in [1.807, 2.05) is 55.1 Å². The van der Waals surface area contributed by atoms with E-state index in [-0.39, 0.29) is 5.56 Å². The maximum atomic E-state index is 12.9. The summed E-state index contributed by atoms with van der Waals surface area (Å²) in [6.45, 7) is 7.77. The Morgan fingerprint density at radius 3 is 2.61 bits per heavy atom. The molecule has 168 valence electrons. The van der Waals surface area contributed by atoms with Gasteiger partial charge in [0.2, 0.25) is 0 Å². The zero-order chi connectivity index (χ0) is 23.5. The van der Waals surface area contributed by atoms with Gasteiger partial charge in [0.05, 0.1) is 16.7 Å². The molecule has 7 heteroatoms. The average Bonchev–Trinajstić information content (AvgIpc) is 3.39. The van der Waals surface area contributed by atoms with Crippen molar-refractivity contribution in [2.45, 2.75) is 20.3 Å². The lowest BCUT2D eigenvalue weighted by Gasteiger charge is -2.08. The molecule has 0 aliphatic carbocycles. The summed E-state index contributed by atoms with van der Waals surface area (Å²) in [4.78, 5) is 9.48. The van der Waals surface area contributed by atoms with Crippen molar-refractivity contribution in [1.29, 1.82) is 0 Å². The van der Waals surface area contributed by atoms with Crippen molar-refractivity contribution in [3.05, 3.63) is 89.5 Å². The number of aromatic nitrogens is 3. The molecule has 4 rings (SSSR count).